The number of hydrogen-bond acceptors (Lipinski definition) is 7. The molecule has 1 aliphatic carbocycles. The fraction of sp³-hybridized carbons (Fsp3) is 0.0435. The molecule has 0 saturated carbocycles. The summed E-state index contributed by atoms with van der Waals surface area (Å²) in [6.45, 7) is 0. The lowest BCUT2D eigenvalue weighted by Gasteiger charge is -2.22. The Morgan fingerprint density at radius 2 is 1.53 bits per heavy atom. The van der Waals surface area contributed by atoms with Gasteiger partial charge < -0.3 is 20.1 Å². The number of methoxy groups -OCH3 is 1. The van der Waals surface area contributed by atoms with Gasteiger partial charge >= 0.3 is 0 Å². The number of phenolic OH excluding ortho intramolecular Hbond substituents is 3. The lowest BCUT2D eigenvalue weighted by atomic mass is 9.85. The smallest absolute Gasteiger partial charge is 0.201 e. The van der Waals surface area contributed by atoms with Gasteiger partial charge in [-0.25, -0.2) is 0 Å². The summed E-state index contributed by atoms with van der Waals surface area (Å²) in [5, 5.41) is 30.2. The van der Waals surface area contributed by atoms with Crippen LogP contribution < -0.4 is 4.74 Å². The second kappa shape index (κ2) is 7.61. The van der Waals surface area contributed by atoms with Gasteiger partial charge in [-0.05, 0) is 48.5 Å². The molecule has 0 atom stereocenters. The monoisotopic (exact) mass is 420 g/mol. The highest BCUT2D eigenvalue weighted by Crippen LogP contribution is 2.45. The average molecular weight is 420 g/mol. The quantitative estimate of drug-likeness (QED) is 0.575. The summed E-state index contributed by atoms with van der Waals surface area (Å²) in [4.78, 5) is 27.5. The molecule has 0 unspecified atom stereocenters. The van der Waals surface area contributed by atoms with Gasteiger partial charge in [0.05, 0.1) is 23.2 Å². The minimum absolute atomic E-state index is 0.0349. The van der Waals surface area contributed by atoms with Gasteiger partial charge in [0, 0.05) is 22.1 Å². The Kier molecular flexibility index (Phi) is 4.97. The molecule has 3 aromatic carbocycles. The minimum atomic E-state index is -0.584. The maximum absolute atomic E-state index is 13.3. The van der Waals surface area contributed by atoms with Crippen LogP contribution in [0.15, 0.2) is 70.5 Å². The number of fused-ring (bicyclic) bond motifs is 1. The maximum Gasteiger partial charge on any atom is 0.201 e. The molecule has 1 aliphatic rings. The van der Waals surface area contributed by atoms with Gasteiger partial charge in [-0.3, -0.25) is 9.59 Å². The Morgan fingerprint density at radius 1 is 0.800 bits per heavy atom. The van der Waals surface area contributed by atoms with E-state index < -0.39 is 11.6 Å². The number of rotatable bonds is 4. The predicted octanol–water partition coefficient (Wildman–Crippen LogP) is 4.39. The van der Waals surface area contributed by atoms with Crippen molar-refractivity contribution in [3.8, 4) is 23.0 Å². The first-order chi connectivity index (χ1) is 14.4. The van der Waals surface area contributed by atoms with Gasteiger partial charge in [0.1, 0.15) is 23.0 Å². The molecule has 150 valence electrons. The number of phenols is 3. The van der Waals surface area contributed by atoms with Crippen molar-refractivity contribution < 1.29 is 29.6 Å². The van der Waals surface area contributed by atoms with Crippen LogP contribution in [0.5, 0.6) is 23.0 Å². The van der Waals surface area contributed by atoms with E-state index in [1.807, 2.05) is 0 Å². The van der Waals surface area contributed by atoms with Crippen LogP contribution in [-0.4, -0.2) is 34.0 Å². The van der Waals surface area contributed by atoms with Crippen molar-refractivity contribution in [1.82, 2.24) is 0 Å². The van der Waals surface area contributed by atoms with E-state index in [1.54, 1.807) is 31.4 Å². The molecule has 0 radical (unpaired) electrons. The fourth-order valence-electron chi connectivity index (χ4n) is 3.27. The third kappa shape index (κ3) is 3.29. The van der Waals surface area contributed by atoms with Crippen LogP contribution in [0.1, 0.15) is 26.3 Å². The van der Waals surface area contributed by atoms with Crippen LogP contribution in [0.25, 0.3) is 5.57 Å². The number of Topliss-reactive ketones (excluding diaryl/α,β-unsaturated/α-hetero) is 2. The number of thioether (sulfide) groups is 1. The first-order valence-electron chi connectivity index (χ1n) is 8.90. The molecule has 4 rings (SSSR count). The van der Waals surface area contributed by atoms with E-state index in [4.69, 9.17) is 4.74 Å². The Hall–Kier alpha value is -3.71. The van der Waals surface area contributed by atoms with E-state index in [1.165, 1.54) is 30.3 Å². The molecule has 0 aromatic heterocycles. The second-order valence-electron chi connectivity index (χ2n) is 6.54. The number of allylic oxidation sites excluding steroid dienone is 2. The van der Waals surface area contributed by atoms with Gasteiger partial charge in [0.25, 0.3) is 0 Å². The Labute approximate surface area is 176 Å². The zero-order valence-electron chi connectivity index (χ0n) is 15.7. The first-order valence-corrected chi connectivity index (χ1v) is 9.72. The number of hydrogen-bond donors (Lipinski definition) is 3. The van der Waals surface area contributed by atoms with Gasteiger partial charge in [-0.2, -0.15) is 0 Å². The standard InChI is InChI=1S/C23H16O6S/c1-29-13-6-8-14(9-7-13)30-23-20(15-10-5-12(24)11-18(15)26)22(28)19-16(21(23)27)3-2-4-17(19)25/h2-11,24-26H,1H3. The van der Waals surface area contributed by atoms with E-state index in [-0.39, 0.29) is 44.4 Å². The van der Waals surface area contributed by atoms with Crippen molar-refractivity contribution in [2.24, 2.45) is 0 Å². The van der Waals surface area contributed by atoms with E-state index in [0.717, 1.165) is 17.8 Å². The summed E-state index contributed by atoms with van der Waals surface area (Å²) in [7, 11) is 1.54. The fourth-order valence-corrected chi connectivity index (χ4v) is 4.28. The predicted molar refractivity (Wildman–Crippen MR) is 112 cm³/mol. The van der Waals surface area contributed by atoms with Crippen LogP contribution in [-0.2, 0) is 0 Å². The van der Waals surface area contributed by atoms with Crippen molar-refractivity contribution >= 4 is 28.9 Å². The minimum Gasteiger partial charge on any atom is -0.508 e. The first kappa shape index (κ1) is 19.6. The lowest BCUT2D eigenvalue weighted by Crippen LogP contribution is -2.20. The molecule has 0 heterocycles. The zero-order valence-corrected chi connectivity index (χ0v) is 16.6. The summed E-state index contributed by atoms with van der Waals surface area (Å²) < 4.78 is 5.15. The molecule has 0 amide bonds. The zero-order chi connectivity index (χ0) is 21.4. The molecular weight excluding hydrogens is 404 g/mol. The molecule has 3 N–H and O–H groups in total. The molecule has 6 nitrogen and oxygen atoms in total. The molecule has 7 heteroatoms. The van der Waals surface area contributed by atoms with E-state index >= 15 is 0 Å². The molecule has 30 heavy (non-hydrogen) atoms. The van der Waals surface area contributed by atoms with Crippen molar-refractivity contribution in [1.29, 1.82) is 0 Å². The second-order valence-corrected chi connectivity index (χ2v) is 7.62. The molecular formula is C23H16O6S. The van der Waals surface area contributed by atoms with Crippen molar-refractivity contribution in [2.45, 2.75) is 4.90 Å². The van der Waals surface area contributed by atoms with E-state index in [0.29, 0.717) is 10.6 Å². The van der Waals surface area contributed by atoms with Crippen molar-refractivity contribution in [2.75, 3.05) is 7.11 Å². The summed E-state index contributed by atoms with van der Waals surface area (Å²) in [6, 6.07) is 15.1. The highest BCUT2D eigenvalue weighted by atomic mass is 32.2. The van der Waals surface area contributed by atoms with Gasteiger partial charge in [0.15, 0.2) is 5.78 Å². The van der Waals surface area contributed by atoms with Crippen LogP contribution in [0.2, 0.25) is 0 Å². The van der Waals surface area contributed by atoms with E-state index in [2.05, 4.69) is 0 Å². The normalized spacial score (nSPS) is 13.4. The number of aromatic hydroxyl groups is 3. The number of carbonyl (C=O) groups excluding carboxylic acids is 2. The Bertz CT molecular complexity index is 1210. The van der Waals surface area contributed by atoms with Crippen LogP contribution in [0, 0.1) is 0 Å². The average Bonchev–Trinajstić information content (AvgIpc) is 2.73. The molecule has 3 aromatic rings. The number of carbonyl (C=O) groups is 2. The van der Waals surface area contributed by atoms with Crippen molar-refractivity contribution in [3.05, 3.63) is 82.3 Å². The summed E-state index contributed by atoms with van der Waals surface area (Å²) in [5.41, 5.74) is 0.0467. The Morgan fingerprint density at radius 3 is 2.20 bits per heavy atom. The molecule has 0 saturated heterocycles. The molecule has 0 bridgehead atoms. The summed E-state index contributed by atoms with van der Waals surface area (Å²) >= 11 is 1.08. The summed E-state index contributed by atoms with van der Waals surface area (Å²) in [6.07, 6.45) is 0. The highest BCUT2D eigenvalue weighted by molar-refractivity contribution is 8.04. The lowest BCUT2D eigenvalue weighted by molar-refractivity contribution is 0.0996. The number of ether oxygens (including phenoxy) is 1. The van der Waals surface area contributed by atoms with Gasteiger partial charge in [-0.1, -0.05) is 17.8 Å². The van der Waals surface area contributed by atoms with Crippen molar-refractivity contribution in [3.63, 3.8) is 0 Å². The SMILES string of the molecule is COc1ccc(SC2=C(c3ccc(O)cc3O)C(=O)c3c(O)cccc3C2=O)cc1. The van der Waals surface area contributed by atoms with Gasteiger partial charge in [0.2, 0.25) is 5.78 Å². The molecule has 0 spiro atoms. The van der Waals surface area contributed by atoms with Gasteiger partial charge in [-0.15, -0.1) is 0 Å². The van der Waals surface area contributed by atoms with Crippen LogP contribution >= 0.6 is 11.8 Å². The number of benzene rings is 3. The topological polar surface area (TPSA) is 104 Å². The van der Waals surface area contributed by atoms with Crippen LogP contribution in [0.3, 0.4) is 0 Å². The third-order valence-electron chi connectivity index (χ3n) is 4.70. The molecule has 0 aliphatic heterocycles. The summed E-state index contributed by atoms with van der Waals surface area (Å²) in [5.74, 6) is -1.22. The third-order valence-corrected chi connectivity index (χ3v) is 5.81. The maximum atomic E-state index is 13.3. The largest absolute Gasteiger partial charge is 0.508 e. The van der Waals surface area contributed by atoms with Crippen LogP contribution in [0.4, 0.5) is 0 Å². The van der Waals surface area contributed by atoms with E-state index in [9.17, 15) is 24.9 Å². The number of ketones is 2. The Balaban J connectivity index is 1.93. The molecule has 0 fully saturated rings. The highest BCUT2D eigenvalue weighted by Gasteiger charge is 2.36.